The van der Waals surface area contributed by atoms with E-state index in [1.54, 1.807) is 6.07 Å². The summed E-state index contributed by atoms with van der Waals surface area (Å²) < 4.78 is 4.33. The maximum absolute atomic E-state index is 10.2. The number of hydrogen-bond acceptors (Lipinski definition) is 5. The third kappa shape index (κ3) is 3.43. The Morgan fingerprint density at radius 1 is 2.00 bits per heavy atom. The van der Waals surface area contributed by atoms with Gasteiger partial charge in [0, 0.05) is 6.92 Å². The summed E-state index contributed by atoms with van der Waals surface area (Å²) in [5.41, 5.74) is 0. The van der Waals surface area contributed by atoms with Gasteiger partial charge in [-0.3, -0.25) is 4.79 Å². The summed E-state index contributed by atoms with van der Waals surface area (Å²) >= 11 is 0. The van der Waals surface area contributed by atoms with Gasteiger partial charge in [0.25, 0.3) is 0 Å². The van der Waals surface area contributed by atoms with Crippen LogP contribution in [0.2, 0.25) is 0 Å². The first-order valence-corrected chi connectivity index (χ1v) is 2.45. The Kier molecular flexibility index (Phi) is 3.64. The van der Waals surface area contributed by atoms with E-state index >= 15 is 0 Å². The van der Waals surface area contributed by atoms with Crippen molar-refractivity contribution in [3.63, 3.8) is 0 Å². The van der Waals surface area contributed by atoms with Crippen LogP contribution in [0.15, 0.2) is 5.16 Å². The number of nitrogens with zero attached hydrogens (tertiary/aromatic N) is 2. The van der Waals surface area contributed by atoms with E-state index in [1.807, 2.05) is 0 Å². The van der Waals surface area contributed by atoms with Crippen LogP contribution in [-0.4, -0.2) is 23.5 Å². The molecule has 0 rings (SSSR count). The monoisotopic (exact) mass is 142 g/mol. The van der Waals surface area contributed by atoms with Gasteiger partial charge < -0.3 is 9.94 Å². The van der Waals surface area contributed by atoms with Gasteiger partial charge >= 0.3 is 5.97 Å². The van der Waals surface area contributed by atoms with Crippen LogP contribution in [0.3, 0.4) is 0 Å². The van der Waals surface area contributed by atoms with Crippen LogP contribution in [0.1, 0.15) is 6.92 Å². The molecule has 0 spiro atoms. The molecule has 0 heterocycles. The van der Waals surface area contributed by atoms with Crippen molar-refractivity contribution < 1.29 is 14.7 Å². The van der Waals surface area contributed by atoms with Crippen LogP contribution in [0.4, 0.5) is 0 Å². The summed E-state index contributed by atoms with van der Waals surface area (Å²) in [4.78, 5) is 10.2. The van der Waals surface area contributed by atoms with Gasteiger partial charge in [0.1, 0.15) is 6.07 Å². The van der Waals surface area contributed by atoms with Crippen LogP contribution in [0.25, 0.3) is 0 Å². The number of carbonyl (C=O) groups is 1. The topological polar surface area (TPSA) is 82.7 Å². The molecular weight excluding hydrogens is 136 g/mol. The summed E-state index contributed by atoms with van der Waals surface area (Å²) in [6.45, 7) is 1.16. The molecule has 0 aromatic carbocycles. The van der Waals surface area contributed by atoms with Crippen molar-refractivity contribution in [1.29, 1.82) is 5.26 Å². The Morgan fingerprint density at radius 2 is 2.60 bits per heavy atom. The lowest BCUT2D eigenvalue weighted by Crippen LogP contribution is -2.15. The molecule has 54 valence electrons. The minimum atomic E-state index is -1.09. The molecule has 0 radical (unpaired) electrons. The van der Waals surface area contributed by atoms with Crippen LogP contribution in [-0.2, 0) is 9.53 Å². The third-order valence-electron chi connectivity index (χ3n) is 0.622. The second kappa shape index (κ2) is 4.32. The molecule has 0 saturated heterocycles. The summed E-state index contributed by atoms with van der Waals surface area (Å²) in [6, 6.07) is 1.58. The van der Waals surface area contributed by atoms with Gasteiger partial charge in [-0.15, -0.1) is 0 Å². The second-order valence-electron chi connectivity index (χ2n) is 1.42. The second-order valence-corrected chi connectivity index (χ2v) is 1.42. The summed E-state index contributed by atoms with van der Waals surface area (Å²) in [6.07, 6.45) is -0.274. The summed E-state index contributed by atoms with van der Waals surface area (Å²) in [5, 5.41) is 18.6. The standard InChI is InChI=1S/C5H6N2O3/c1-4(8)10-5(2-6)3-7-9/h3,5,9H,1H3. The van der Waals surface area contributed by atoms with E-state index in [-0.39, 0.29) is 0 Å². The van der Waals surface area contributed by atoms with E-state index in [9.17, 15) is 4.79 Å². The molecule has 0 fully saturated rings. The highest BCUT2D eigenvalue weighted by Crippen LogP contribution is 1.86. The van der Waals surface area contributed by atoms with Crippen LogP contribution in [0.5, 0.6) is 0 Å². The normalized spacial score (nSPS) is 12.4. The van der Waals surface area contributed by atoms with Crippen molar-refractivity contribution in [2.75, 3.05) is 0 Å². The van der Waals surface area contributed by atoms with Gasteiger partial charge in [-0.2, -0.15) is 5.26 Å². The van der Waals surface area contributed by atoms with Crippen molar-refractivity contribution in [2.24, 2.45) is 5.16 Å². The van der Waals surface area contributed by atoms with Crippen molar-refractivity contribution in [1.82, 2.24) is 0 Å². The maximum Gasteiger partial charge on any atom is 0.304 e. The molecule has 0 amide bonds. The lowest BCUT2D eigenvalue weighted by Gasteiger charge is -1.99. The van der Waals surface area contributed by atoms with Gasteiger partial charge in [0.15, 0.2) is 0 Å². The summed E-state index contributed by atoms with van der Waals surface area (Å²) in [7, 11) is 0. The van der Waals surface area contributed by atoms with E-state index in [0.29, 0.717) is 0 Å². The van der Waals surface area contributed by atoms with Crippen molar-refractivity contribution >= 4 is 12.2 Å². The fraction of sp³-hybridized carbons (Fsp3) is 0.400. The maximum atomic E-state index is 10.2. The Morgan fingerprint density at radius 3 is 2.90 bits per heavy atom. The molecule has 0 bridgehead atoms. The molecule has 0 saturated carbocycles. The zero-order chi connectivity index (χ0) is 7.98. The fourth-order valence-electron chi connectivity index (χ4n) is 0.329. The molecule has 1 atom stereocenters. The molecular formula is C5H6N2O3. The van der Waals surface area contributed by atoms with E-state index in [0.717, 1.165) is 13.1 Å². The molecule has 10 heavy (non-hydrogen) atoms. The molecule has 1 unspecified atom stereocenters. The van der Waals surface area contributed by atoms with Crippen LogP contribution in [0, 0.1) is 11.3 Å². The number of hydrogen-bond donors (Lipinski definition) is 1. The van der Waals surface area contributed by atoms with E-state index < -0.39 is 12.1 Å². The number of rotatable bonds is 2. The van der Waals surface area contributed by atoms with Crippen molar-refractivity contribution in [3.05, 3.63) is 0 Å². The molecule has 5 heteroatoms. The molecule has 0 aliphatic carbocycles. The first-order valence-electron chi connectivity index (χ1n) is 2.45. The van der Waals surface area contributed by atoms with Crippen LogP contribution < -0.4 is 0 Å². The minimum absolute atomic E-state index is 0.591. The SMILES string of the molecule is CC(=O)OC(C#N)C=NO. The Balaban J connectivity index is 3.87. The zero-order valence-corrected chi connectivity index (χ0v) is 5.31. The number of esters is 1. The highest BCUT2D eigenvalue weighted by Gasteiger charge is 2.05. The highest BCUT2D eigenvalue weighted by atomic mass is 16.5. The predicted octanol–water partition coefficient (Wildman–Crippen LogP) is -0.0983. The summed E-state index contributed by atoms with van der Waals surface area (Å²) in [5.74, 6) is -0.591. The molecule has 1 N–H and O–H groups in total. The van der Waals surface area contributed by atoms with Crippen molar-refractivity contribution in [3.8, 4) is 6.07 Å². The first kappa shape index (κ1) is 8.43. The molecule has 0 aromatic heterocycles. The zero-order valence-electron chi connectivity index (χ0n) is 5.31. The van der Waals surface area contributed by atoms with Gasteiger partial charge in [-0.25, -0.2) is 0 Å². The molecule has 0 aliphatic rings. The lowest BCUT2D eigenvalue weighted by molar-refractivity contribution is -0.141. The minimum Gasteiger partial charge on any atom is -0.441 e. The number of nitriles is 1. The quantitative estimate of drug-likeness (QED) is 0.252. The first-order chi connectivity index (χ1) is 4.70. The van der Waals surface area contributed by atoms with E-state index in [2.05, 4.69) is 9.89 Å². The molecule has 0 aliphatic heterocycles. The number of oxime groups is 1. The largest absolute Gasteiger partial charge is 0.441 e. The highest BCUT2D eigenvalue weighted by molar-refractivity contribution is 5.73. The van der Waals surface area contributed by atoms with Crippen LogP contribution >= 0.6 is 0 Å². The molecule has 5 nitrogen and oxygen atoms in total. The van der Waals surface area contributed by atoms with E-state index in [4.69, 9.17) is 10.5 Å². The smallest absolute Gasteiger partial charge is 0.304 e. The average Bonchev–Trinajstić information content (AvgIpc) is 1.86. The Bertz CT molecular complexity index is 182. The van der Waals surface area contributed by atoms with Gasteiger partial charge in [0.05, 0.1) is 6.21 Å². The van der Waals surface area contributed by atoms with Gasteiger partial charge in [-0.1, -0.05) is 5.16 Å². The Labute approximate surface area is 57.5 Å². The van der Waals surface area contributed by atoms with E-state index in [1.165, 1.54) is 0 Å². The lowest BCUT2D eigenvalue weighted by atomic mass is 10.4. The predicted molar refractivity (Wildman–Crippen MR) is 31.4 cm³/mol. The fourth-order valence-corrected chi connectivity index (χ4v) is 0.329. The van der Waals surface area contributed by atoms with Gasteiger partial charge in [0.2, 0.25) is 6.10 Å². The Hall–Kier alpha value is -1.57. The average molecular weight is 142 g/mol. The number of ether oxygens (including phenoxy) is 1. The van der Waals surface area contributed by atoms with Crippen molar-refractivity contribution in [2.45, 2.75) is 13.0 Å². The third-order valence-corrected chi connectivity index (χ3v) is 0.622. The molecule has 0 aromatic rings. The number of carbonyl (C=O) groups excluding carboxylic acids is 1. The van der Waals surface area contributed by atoms with Gasteiger partial charge in [-0.05, 0) is 0 Å².